The van der Waals surface area contributed by atoms with E-state index in [1.54, 1.807) is 24.3 Å². The number of carbonyl (C=O) groups is 3. The Kier molecular flexibility index (Phi) is 6.46. The summed E-state index contributed by atoms with van der Waals surface area (Å²) in [7, 11) is 0. The number of hydrogen-bond acceptors (Lipinski definition) is 4. The van der Waals surface area contributed by atoms with Crippen molar-refractivity contribution in [2.75, 3.05) is 0 Å². The molecule has 0 bridgehead atoms. The first-order valence-electron chi connectivity index (χ1n) is 6.08. The third-order valence-electron chi connectivity index (χ3n) is 2.44. The molecule has 1 amide bonds. The molecule has 21 heavy (non-hydrogen) atoms. The number of amides is 1. The molecule has 0 aliphatic rings. The van der Waals surface area contributed by atoms with Gasteiger partial charge in [0.25, 0.3) is 0 Å². The van der Waals surface area contributed by atoms with Crippen LogP contribution in [0.1, 0.15) is 12.0 Å². The fraction of sp³-hybridized carbons (Fsp3) is 0.214. The fourth-order valence-electron chi connectivity index (χ4n) is 1.43. The second-order valence-electron chi connectivity index (χ2n) is 4.07. The molecule has 0 aliphatic carbocycles. The third kappa shape index (κ3) is 6.76. The highest BCUT2D eigenvalue weighted by Crippen LogP contribution is 2.02. The second-order valence-corrected chi connectivity index (χ2v) is 4.07. The number of carboxylic acids is 2. The van der Waals surface area contributed by atoms with Crippen LogP contribution in [0.3, 0.4) is 0 Å². The molecule has 0 radical (unpaired) electrons. The number of carboxylic acid groups (broad SMARTS) is 2. The molecule has 0 aliphatic heterocycles. The van der Waals surface area contributed by atoms with Crippen LogP contribution < -0.4 is 5.32 Å². The van der Waals surface area contributed by atoms with Crippen molar-refractivity contribution in [3.8, 4) is 0 Å². The van der Waals surface area contributed by atoms with E-state index in [0.717, 1.165) is 17.7 Å². The largest absolute Gasteiger partial charge is 0.480 e. The second kappa shape index (κ2) is 8.36. The Balaban J connectivity index is 2.45. The van der Waals surface area contributed by atoms with Crippen LogP contribution in [0.25, 0.3) is 0 Å². The molecule has 0 spiro atoms. The van der Waals surface area contributed by atoms with E-state index in [1.165, 1.54) is 0 Å². The molecule has 112 valence electrons. The van der Waals surface area contributed by atoms with E-state index in [4.69, 9.17) is 14.9 Å². The van der Waals surface area contributed by atoms with E-state index in [9.17, 15) is 14.4 Å². The normalized spacial score (nSPS) is 11.8. The monoisotopic (exact) mass is 293 g/mol. The highest BCUT2D eigenvalue weighted by atomic mass is 16.5. The average molecular weight is 293 g/mol. The standard InChI is InChI=1S/C14H15NO6/c16-12(17)8-4-7-11(13(18)19)15-14(20)21-9-10-5-2-1-3-6-10/h1-6,8,11H,7,9H2,(H,15,20)(H,16,17)(H,18,19)/b8-4+/t11-/m0/s1. The van der Waals surface area contributed by atoms with Crippen molar-refractivity contribution >= 4 is 18.0 Å². The minimum atomic E-state index is -1.28. The Bertz CT molecular complexity index is 526. The molecule has 1 aromatic rings. The highest BCUT2D eigenvalue weighted by molar-refractivity contribution is 5.81. The number of rotatable bonds is 7. The Hall–Kier alpha value is -2.83. The van der Waals surface area contributed by atoms with Crippen LogP contribution in [0.15, 0.2) is 42.5 Å². The molecule has 3 N–H and O–H groups in total. The minimum Gasteiger partial charge on any atom is -0.480 e. The molecular formula is C14H15NO6. The van der Waals surface area contributed by atoms with E-state index in [-0.39, 0.29) is 13.0 Å². The van der Waals surface area contributed by atoms with Gasteiger partial charge in [0.05, 0.1) is 0 Å². The fourth-order valence-corrected chi connectivity index (χ4v) is 1.43. The predicted octanol–water partition coefficient (Wildman–Crippen LogP) is 1.40. The topological polar surface area (TPSA) is 113 Å². The maximum Gasteiger partial charge on any atom is 0.408 e. The summed E-state index contributed by atoms with van der Waals surface area (Å²) in [6.45, 7) is 0.0178. The van der Waals surface area contributed by atoms with Crippen molar-refractivity contribution in [2.24, 2.45) is 0 Å². The molecule has 1 rings (SSSR count). The average Bonchev–Trinajstić information content (AvgIpc) is 2.44. The molecule has 0 unspecified atom stereocenters. The lowest BCUT2D eigenvalue weighted by Crippen LogP contribution is -2.40. The van der Waals surface area contributed by atoms with E-state index < -0.39 is 24.1 Å². The van der Waals surface area contributed by atoms with Gasteiger partial charge in [0.2, 0.25) is 0 Å². The van der Waals surface area contributed by atoms with Gasteiger partial charge in [-0.05, 0) is 12.0 Å². The molecule has 0 saturated carbocycles. The summed E-state index contributed by atoms with van der Waals surface area (Å²) in [6, 6.07) is 7.66. The van der Waals surface area contributed by atoms with Gasteiger partial charge in [0.1, 0.15) is 12.6 Å². The van der Waals surface area contributed by atoms with Crippen molar-refractivity contribution < 1.29 is 29.3 Å². The number of nitrogens with one attached hydrogen (secondary N) is 1. The summed E-state index contributed by atoms with van der Waals surface area (Å²) < 4.78 is 4.88. The Morgan fingerprint density at radius 3 is 2.43 bits per heavy atom. The van der Waals surface area contributed by atoms with Crippen LogP contribution in [-0.2, 0) is 20.9 Å². The predicted molar refractivity (Wildman–Crippen MR) is 72.6 cm³/mol. The first kappa shape index (κ1) is 16.2. The van der Waals surface area contributed by atoms with Gasteiger partial charge < -0.3 is 20.3 Å². The first-order chi connectivity index (χ1) is 9.99. The Morgan fingerprint density at radius 1 is 1.19 bits per heavy atom. The Morgan fingerprint density at radius 2 is 1.86 bits per heavy atom. The summed E-state index contributed by atoms with van der Waals surface area (Å²) in [5.74, 6) is -2.47. The van der Waals surface area contributed by atoms with Crippen molar-refractivity contribution in [1.29, 1.82) is 0 Å². The molecule has 0 heterocycles. The number of ether oxygens (including phenoxy) is 1. The molecule has 0 aromatic heterocycles. The van der Waals surface area contributed by atoms with Crippen LogP contribution in [0.2, 0.25) is 0 Å². The number of hydrogen-bond donors (Lipinski definition) is 3. The lowest BCUT2D eigenvalue weighted by Gasteiger charge is -2.12. The SMILES string of the molecule is O=C(O)/C=C/C[C@H](NC(=O)OCc1ccccc1)C(=O)O. The Labute approximate surface area is 120 Å². The van der Waals surface area contributed by atoms with Gasteiger partial charge in [-0.2, -0.15) is 0 Å². The smallest absolute Gasteiger partial charge is 0.408 e. The zero-order chi connectivity index (χ0) is 15.7. The third-order valence-corrected chi connectivity index (χ3v) is 2.44. The van der Waals surface area contributed by atoms with Crippen LogP contribution >= 0.6 is 0 Å². The van der Waals surface area contributed by atoms with Gasteiger partial charge in [-0.15, -0.1) is 0 Å². The van der Waals surface area contributed by atoms with Crippen molar-refractivity contribution in [3.63, 3.8) is 0 Å². The molecule has 0 saturated heterocycles. The number of carbonyl (C=O) groups excluding carboxylic acids is 1. The summed E-state index contributed by atoms with van der Waals surface area (Å²) in [6.07, 6.45) is 0.933. The van der Waals surface area contributed by atoms with E-state index in [0.29, 0.717) is 0 Å². The molecular weight excluding hydrogens is 278 g/mol. The van der Waals surface area contributed by atoms with Gasteiger partial charge in [-0.1, -0.05) is 36.4 Å². The maximum atomic E-state index is 11.5. The quantitative estimate of drug-likeness (QED) is 0.655. The lowest BCUT2D eigenvalue weighted by atomic mass is 10.2. The van der Waals surface area contributed by atoms with Crippen molar-refractivity contribution in [3.05, 3.63) is 48.0 Å². The molecule has 1 atom stereocenters. The van der Waals surface area contributed by atoms with Gasteiger partial charge in [-0.3, -0.25) is 0 Å². The summed E-state index contributed by atoms with van der Waals surface area (Å²) in [5.41, 5.74) is 0.769. The van der Waals surface area contributed by atoms with Gasteiger partial charge in [-0.25, -0.2) is 14.4 Å². The van der Waals surface area contributed by atoms with Crippen molar-refractivity contribution in [2.45, 2.75) is 19.1 Å². The lowest BCUT2D eigenvalue weighted by molar-refractivity contribution is -0.139. The zero-order valence-electron chi connectivity index (χ0n) is 11.1. The minimum absolute atomic E-state index is 0.0178. The van der Waals surface area contributed by atoms with Crippen LogP contribution in [0, 0.1) is 0 Å². The summed E-state index contributed by atoms with van der Waals surface area (Å²) in [5, 5.41) is 19.5. The summed E-state index contributed by atoms with van der Waals surface area (Å²) in [4.78, 5) is 32.7. The van der Waals surface area contributed by atoms with Gasteiger partial charge >= 0.3 is 18.0 Å². The first-order valence-corrected chi connectivity index (χ1v) is 6.08. The molecule has 1 aromatic carbocycles. The zero-order valence-corrected chi connectivity index (χ0v) is 11.1. The highest BCUT2D eigenvalue weighted by Gasteiger charge is 2.19. The van der Waals surface area contributed by atoms with E-state index >= 15 is 0 Å². The van der Waals surface area contributed by atoms with Crippen LogP contribution in [0.5, 0.6) is 0 Å². The summed E-state index contributed by atoms with van der Waals surface area (Å²) >= 11 is 0. The molecule has 0 fully saturated rings. The van der Waals surface area contributed by atoms with Crippen LogP contribution in [0.4, 0.5) is 4.79 Å². The maximum absolute atomic E-state index is 11.5. The van der Waals surface area contributed by atoms with Gasteiger partial charge in [0.15, 0.2) is 0 Å². The molecule has 7 nitrogen and oxygen atoms in total. The van der Waals surface area contributed by atoms with Crippen molar-refractivity contribution in [1.82, 2.24) is 5.32 Å². The number of alkyl carbamates (subject to hydrolysis) is 1. The van der Waals surface area contributed by atoms with E-state index in [2.05, 4.69) is 5.32 Å². The van der Waals surface area contributed by atoms with Crippen LogP contribution in [-0.4, -0.2) is 34.3 Å². The number of benzene rings is 1. The molecule has 7 heteroatoms. The number of aliphatic carboxylic acids is 2. The van der Waals surface area contributed by atoms with Gasteiger partial charge in [0, 0.05) is 6.08 Å². The van der Waals surface area contributed by atoms with E-state index in [1.807, 2.05) is 6.07 Å².